The molecule has 5 nitrogen and oxygen atoms in total. The zero-order chi connectivity index (χ0) is 14.7. The third-order valence-electron chi connectivity index (χ3n) is 3.15. The van der Waals surface area contributed by atoms with Gasteiger partial charge >= 0.3 is 0 Å². The number of aliphatic hydroxyl groups excluding tert-OH is 1. The van der Waals surface area contributed by atoms with Gasteiger partial charge in [-0.15, -0.1) is 0 Å². The van der Waals surface area contributed by atoms with Crippen LogP contribution >= 0.6 is 0 Å². The first kappa shape index (κ1) is 13.6. The number of hydrogen-bond donors (Lipinski definition) is 2. The number of benzene rings is 2. The van der Waals surface area contributed by atoms with Gasteiger partial charge in [-0.2, -0.15) is 0 Å². The fraction of sp³-hybridized carbons (Fsp3) is 0.188. The predicted octanol–water partition coefficient (Wildman–Crippen LogP) is 2.24. The lowest BCUT2D eigenvalue weighted by Crippen LogP contribution is -2.26. The topological polar surface area (TPSA) is 77.1 Å². The molecule has 1 aliphatic rings. The summed E-state index contributed by atoms with van der Waals surface area (Å²) in [5.74, 6) is 1.98. The molecule has 1 unspecified atom stereocenters. The van der Waals surface area contributed by atoms with Crippen molar-refractivity contribution in [2.24, 2.45) is 10.7 Å². The van der Waals surface area contributed by atoms with Crippen LogP contribution in [0.4, 0.5) is 5.69 Å². The van der Waals surface area contributed by atoms with Gasteiger partial charge < -0.3 is 20.3 Å². The molecule has 0 amide bonds. The lowest BCUT2D eigenvalue weighted by molar-refractivity contribution is 0.114. The standard InChI is InChI=1S/C16H16N2O3/c17-8-11(19)10-20-14-6-3-7-15-12(14)9-18-13-4-1-2-5-16(13)21-15/h1-7,9,11,19H,8,10,17H2. The van der Waals surface area contributed by atoms with E-state index in [1.165, 1.54) is 0 Å². The van der Waals surface area contributed by atoms with E-state index in [1.54, 1.807) is 6.21 Å². The highest BCUT2D eigenvalue weighted by molar-refractivity contribution is 5.90. The number of para-hydroxylation sites is 2. The summed E-state index contributed by atoms with van der Waals surface area (Å²) >= 11 is 0. The summed E-state index contributed by atoms with van der Waals surface area (Å²) in [7, 11) is 0. The zero-order valence-corrected chi connectivity index (χ0v) is 11.4. The molecule has 0 saturated heterocycles. The van der Waals surface area contributed by atoms with Crippen molar-refractivity contribution in [1.29, 1.82) is 0 Å². The van der Waals surface area contributed by atoms with Gasteiger partial charge in [0.1, 0.15) is 29.9 Å². The Hall–Kier alpha value is -2.37. The van der Waals surface area contributed by atoms with Gasteiger partial charge in [0.25, 0.3) is 0 Å². The highest BCUT2D eigenvalue weighted by atomic mass is 16.5. The summed E-state index contributed by atoms with van der Waals surface area (Å²) in [6.07, 6.45) is 1.02. The summed E-state index contributed by atoms with van der Waals surface area (Å²) in [6, 6.07) is 13.1. The number of nitrogens with zero attached hydrogens (tertiary/aromatic N) is 1. The van der Waals surface area contributed by atoms with Gasteiger partial charge in [-0.3, -0.25) is 4.99 Å². The van der Waals surface area contributed by atoms with E-state index in [-0.39, 0.29) is 13.2 Å². The molecule has 5 heteroatoms. The van der Waals surface area contributed by atoms with Crippen LogP contribution in [0.15, 0.2) is 47.5 Å². The number of ether oxygens (including phenoxy) is 2. The van der Waals surface area contributed by atoms with Crippen LogP contribution in [-0.4, -0.2) is 30.6 Å². The Labute approximate surface area is 122 Å². The molecular formula is C16H16N2O3. The second-order valence-corrected chi connectivity index (χ2v) is 4.70. The zero-order valence-electron chi connectivity index (χ0n) is 11.4. The molecule has 3 N–H and O–H groups in total. The third-order valence-corrected chi connectivity index (χ3v) is 3.15. The van der Waals surface area contributed by atoms with Crippen molar-refractivity contribution in [2.45, 2.75) is 6.10 Å². The Kier molecular flexibility index (Phi) is 3.85. The Bertz CT molecular complexity index is 670. The molecule has 21 heavy (non-hydrogen) atoms. The van der Waals surface area contributed by atoms with Crippen LogP contribution in [-0.2, 0) is 0 Å². The molecule has 108 valence electrons. The van der Waals surface area contributed by atoms with Crippen molar-refractivity contribution >= 4 is 11.9 Å². The predicted molar refractivity (Wildman–Crippen MR) is 80.8 cm³/mol. The average molecular weight is 284 g/mol. The highest BCUT2D eigenvalue weighted by Gasteiger charge is 2.15. The van der Waals surface area contributed by atoms with Crippen LogP contribution in [0.5, 0.6) is 17.2 Å². The average Bonchev–Trinajstić information content (AvgIpc) is 2.71. The van der Waals surface area contributed by atoms with Crippen molar-refractivity contribution < 1.29 is 14.6 Å². The fourth-order valence-electron chi connectivity index (χ4n) is 2.02. The van der Waals surface area contributed by atoms with Crippen LogP contribution in [0, 0.1) is 0 Å². The van der Waals surface area contributed by atoms with Gasteiger partial charge in [0.15, 0.2) is 5.75 Å². The van der Waals surface area contributed by atoms with Crippen LogP contribution in [0.1, 0.15) is 5.56 Å². The molecule has 1 heterocycles. The lowest BCUT2D eigenvalue weighted by Gasteiger charge is -2.14. The Morgan fingerprint density at radius 2 is 1.95 bits per heavy atom. The van der Waals surface area contributed by atoms with E-state index < -0.39 is 6.10 Å². The molecular weight excluding hydrogens is 268 g/mol. The molecule has 1 atom stereocenters. The number of aliphatic hydroxyl groups is 1. The van der Waals surface area contributed by atoms with Crippen molar-refractivity contribution in [1.82, 2.24) is 0 Å². The van der Waals surface area contributed by atoms with Crippen LogP contribution < -0.4 is 15.2 Å². The second kappa shape index (κ2) is 5.95. The maximum absolute atomic E-state index is 9.51. The van der Waals surface area contributed by atoms with E-state index >= 15 is 0 Å². The molecule has 2 aromatic rings. The molecule has 0 aliphatic carbocycles. The minimum absolute atomic E-state index is 0.133. The summed E-state index contributed by atoms with van der Waals surface area (Å²) < 4.78 is 11.5. The highest BCUT2D eigenvalue weighted by Crippen LogP contribution is 2.38. The minimum Gasteiger partial charge on any atom is -0.490 e. The molecule has 0 bridgehead atoms. The third kappa shape index (κ3) is 2.89. The first-order valence-electron chi connectivity index (χ1n) is 6.73. The summed E-state index contributed by atoms with van der Waals surface area (Å²) in [6.45, 7) is 0.290. The Balaban J connectivity index is 1.92. The smallest absolute Gasteiger partial charge is 0.153 e. The van der Waals surface area contributed by atoms with Gasteiger partial charge in [-0.1, -0.05) is 18.2 Å². The Morgan fingerprint density at radius 3 is 2.81 bits per heavy atom. The van der Waals surface area contributed by atoms with Crippen LogP contribution in [0.3, 0.4) is 0 Å². The van der Waals surface area contributed by atoms with Gasteiger partial charge in [-0.25, -0.2) is 0 Å². The minimum atomic E-state index is -0.693. The molecule has 0 fully saturated rings. The van der Waals surface area contributed by atoms with Crippen LogP contribution in [0.25, 0.3) is 0 Å². The summed E-state index contributed by atoms with van der Waals surface area (Å²) in [5.41, 5.74) is 6.89. The maximum atomic E-state index is 9.51. The van der Waals surface area contributed by atoms with E-state index in [2.05, 4.69) is 4.99 Å². The molecule has 0 saturated carbocycles. The van der Waals surface area contributed by atoms with E-state index in [0.29, 0.717) is 17.2 Å². The van der Waals surface area contributed by atoms with Crippen molar-refractivity contribution in [3.8, 4) is 17.2 Å². The van der Waals surface area contributed by atoms with E-state index in [4.69, 9.17) is 15.2 Å². The number of hydrogen-bond acceptors (Lipinski definition) is 5. The largest absolute Gasteiger partial charge is 0.490 e. The monoisotopic (exact) mass is 284 g/mol. The fourth-order valence-corrected chi connectivity index (χ4v) is 2.02. The van der Waals surface area contributed by atoms with Gasteiger partial charge in [0, 0.05) is 12.8 Å². The van der Waals surface area contributed by atoms with Gasteiger partial charge in [0.2, 0.25) is 0 Å². The first-order valence-corrected chi connectivity index (χ1v) is 6.73. The van der Waals surface area contributed by atoms with E-state index in [0.717, 1.165) is 11.3 Å². The molecule has 2 aromatic carbocycles. The van der Waals surface area contributed by atoms with Crippen molar-refractivity contribution in [2.75, 3.05) is 13.2 Å². The number of rotatable bonds is 4. The van der Waals surface area contributed by atoms with E-state index in [1.807, 2.05) is 42.5 Å². The molecule has 0 spiro atoms. The van der Waals surface area contributed by atoms with Crippen molar-refractivity contribution in [3.05, 3.63) is 48.0 Å². The normalized spacial score (nSPS) is 13.6. The number of nitrogens with two attached hydrogens (primary N) is 1. The maximum Gasteiger partial charge on any atom is 0.153 e. The molecule has 3 rings (SSSR count). The molecule has 0 radical (unpaired) electrons. The number of aliphatic imine (C=N–C) groups is 1. The Morgan fingerprint density at radius 1 is 1.14 bits per heavy atom. The summed E-state index contributed by atoms with van der Waals surface area (Å²) in [4.78, 5) is 4.42. The van der Waals surface area contributed by atoms with Crippen molar-refractivity contribution in [3.63, 3.8) is 0 Å². The quantitative estimate of drug-likeness (QED) is 0.770. The first-order chi connectivity index (χ1) is 10.3. The molecule has 1 aliphatic heterocycles. The lowest BCUT2D eigenvalue weighted by atomic mass is 10.2. The van der Waals surface area contributed by atoms with E-state index in [9.17, 15) is 5.11 Å². The second-order valence-electron chi connectivity index (χ2n) is 4.70. The van der Waals surface area contributed by atoms with Gasteiger partial charge in [0.05, 0.1) is 5.56 Å². The summed E-state index contributed by atoms with van der Waals surface area (Å²) in [5, 5.41) is 9.51. The molecule has 0 aromatic heterocycles. The van der Waals surface area contributed by atoms with Gasteiger partial charge in [-0.05, 0) is 24.3 Å². The SMILES string of the molecule is NCC(O)COc1cccc2c1C=Nc1ccccc1O2. The number of fused-ring (bicyclic) bond motifs is 2. The van der Waals surface area contributed by atoms with Crippen LogP contribution in [0.2, 0.25) is 0 Å².